The molecule has 29 heavy (non-hydrogen) atoms. The third-order valence-electron chi connectivity index (χ3n) is 6.16. The van der Waals surface area contributed by atoms with Gasteiger partial charge in [-0.1, -0.05) is 13.8 Å². The molecule has 7 heteroatoms. The number of nitrogens with zero attached hydrogens (tertiary/aromatic N) is 4. The molecule has 1 aromatic heterocycles. The third-order valence-corrected chi connectivity index (χ3v) is 6.16. The van der Waals surface area contributed by atoms with Crippen molar-refractivity contribution >= 4 is 23.2 Å². The normalized spacial score (nSPS) is 24.2. The van der Waals surface area contributed by atoms with Gasteiger partial charge in [0.1, 0.15) is 0 Å². The van der Waals surface area contributed by atoms with E-state index in [0.717, 1.165) is 43.9 Å². The molecule has 7 nitrogen and oxygen atoms in total. The van der Waals surface area contributed by atoms with Gasteiger partial charge in [0, 0.05) is 74.4 Å². The maximum Gasteiger partial charge on any atom is 0.224 e. The molecule has 2 N–H and O–H groups in total. The lowest BCUT2D eigenvalue weighted by Crippen LogP contribution is -2.50. The Morgan fingerprint density at radius 1 is 1.24 bits per heavy atom. The molecule has 0 radical (unpaired) electrons. The maximum atomic E-state index is 12.6. The van der Waals surface area contributed by atoms with Gasteiger partial charge in [0.25, 0.3) is 0 Å². The van der Waals surface area contributed by atoms with Gasteiger partial charge >= 0.3 is 0 Å². The largest absolute Gasteiger partial charge is 0.369 e. The van der Waals surface area contributed by atoms with E-state index in [1.54, 1.807) is 19.3 Å². The van der Waals surface area contributed by atoms with E-state index in [0.29, 0.717) is 5.95 Å². The summed E-state index contributed by atoms with van der Waals surface area (Å²) in [6.07, 6.45) is 4.40. The van der Waals surface area contributed by atoms with E-state index in [1.807, 2.05) is 11.0 Å². The third kappa shape index (κ3) is 3.79. The fourth-order valence-electron chi connectivity index (χ4n) is 4.73. The number of benzene rings is 1. The molecule has 1 fully saturated rings. The van der Waals surface area contributed by atoms with Crippen molar-refractivity contribution in [3.05, 3.63) is 42.2 Å². The van der Waals surface area contributed by atoms with Crippen molar-refractivity contribution in [3.63, 3.8) is 0 Å². The number of rotatable bonds is 4. The molecule has 3 atom stereocenters. The van der Waals surface area contributed by atoms with Crippen LogP contribution >= 0.6 is 0 Å². The van der Waals surface area contributed by atoms with E-state index in [9.17, 15) is 4.79 Å². The van der Waals surface area contributed by atoms with Crippen LogP contribution in [0.15, 0.2) is 36.7 Å². The molecule has 0 bridgehead atoms. The van der Waals surface area contributed by atoms with E-state index in [-0.39, 0.29) is 23.9 Å². The van der Waals surface area contributed by atoms with E-state index in [1.165, 1.54) is 5.69 Å². The lowest BCUT2D eigenvalue weighted by Gasteiger charge is -2.45. The Labute approximate surface area is 172 Å². The number of aromatic nitrogens is 2. The van der Waals surface area contributed by atoms with Crippen LogP contribution in [0.5, 0.6) is 0 Å². The second-order valence-corrected chi connectivity index (χ2v) is 7.90. The zero-order chi connectivity index (χ0) is 20.4. The van der Waals surface area contributed by atoms with Crippen molar-refractivity contribution in [1.82, 2.24) is 15.3 Å². The summed E-state index contributed by atoms with van der Waals surface area (Å²) in [5, 5.41) is 6.96. The summed E-state index contributed by atoms with van der Waals surface area (Å²) in [6.45, 7) is 9.98. The van der Waals surface area contributed by atoms with Gasteiger partial charge in [-0.25, -0.2) is 9.97 Å². The summed E-state index contributed by atoms with van der Waals surface area (Å²) < 4.78 is 0. The van der Waals surface area contributed by atoms with Crippen LogP contribution in [0, 0.1) is 5.92 Å². The monoisotopic (exact) mass is 394 g/mol. The Hall–Kier alpha value is -2.67. The lowest BCUT2D eigenvalue weighted by molar-refractivity contribution is -0.117. The number of carbonyl (C=O) groups is 1. The molecule has 0 aliphatic carbocycles. The minimum absolute atomic E-state index is 0.0378. The van der Waals surface area contributed by atoms with Gasteiger partial charge in [-0.15, -0.1) is 0 Å². The Morgan fingerprint density at radius 3 is 2.62 bits per heavy atom. The molecule has 1 amide bonds. The number of nitrogens with one attached hydrogen (secondary N) is 2. The SMILES string of the molecule is CC[C@H]1[C@H](C)[C@@H](Nc2ncccn2)c2cc(N3CCNCC3)ccc2N1C(C)=O. The highest BCUT2D eigenvalue weighted by molar-refractivity contribution is 5.94. The topological polar surface area (TPSA) is 73.4 Å². The number of piperazine rings is 1. The molecule has 154 valence electrons. The van der Waals surface area contributed by atoms with Gasteiger partial charge in [-0.3, -0.25) is 4.79 Å². The summed E-state index contributed by atoms with van der Waals surface area (Å²) in [5.74, 6) is 0.932. The quantitative estimate of drug-likeness (QED) is 0.831. The zero-order valence-electron chi connectivity index (χ0n) is 17.4. The van der Waals surface area contributed by atoms with Crippen molar-refractivity contribution in [1.29, 1.82) is 0 Å². The minimum Gasteiger partial charge on any atom is -0.369 e. The average Bonchev–Trinajstić information content (AvgIpc) is 2.76. The molecule has 1 aromatic carbocycles. The zero-order valence-corrected chi connectivity index (χ0v) is 17.4. The van der Waals surface area contributed by atoms with Crippen molar-refractivity contribution in [2.24, 2.45) is 5.92 Å². The highest BCUT2D eigenvalue weighted by Gasteiger charge is 2.40. The highest BCUT2D eigenvalue weighted by Crippen LogP contribution is 2.44. The van der Waals surface area contributed by atoms with Crippen molar-refractivity contribution in [2.45, 2.75) is 39.3 Å². The first kappa shape index (κ1) is 19.6. The fraction of sp³-hybridized carbons (Fsp3) is 0.500. The lowest BCUT2D eigenvalue weighted by atomic mass is 9.80. The van der Waals surface area contributed by atoms with E-state index < -0.39 is 0 Å². The van der Waals surface area contributed by atoms with Gasteiger partial charge in [0.15, 0.2) is 0 Å². The second kappa shape index (κ2) is 8.37. The van der Waals surface area contributed by atoms with Crippen LogP contribution in [0.4, 0.5) is 17.3 Å². The van der Waals surface area contributed by atoms with Crippen molar-refractivity contribution < 1.29 is 4.79 Å². The first-order chi connectivity index (χ1) is 14.1. The molecule has 0 unspecified atom stereocenters. The number of anilines is 3. The molecule has 0 spiro atoms. The van der Waals surface area contributed by atoms with E-state index in [4.69, 9.17) is 0 Å². The summed E-state index contributed by atoms with van der Waals surface area (Å²) in [7, 11) is 0. The molecule has 4 rings (SSSR count). The van der Waals surface area contributed by atoms with Crippen LogP contribution in [-0.4, -0.2) is 48.1 Å². The summed E-state index contributed by atoms with van der Waals surface area (Å²) in [5.41, 5.74) is 3.34. The van der Waals surface area contributed by atoms with Gasteiger partial charge in [0.05, 0.1) is 6.04 Å². The molecule has 1 saturated heterocycles. The van der Waals surface area contributed by atoms with Gasteiger partial charge in [-0.2, -0.15) is 0 Å². The number of amides is 1. The number of hydrogen-bond donors (Lipinski definition) is 2. The summed E-state index contributed by atoms with van der Waals surface area (Å²) >= 11 is 0. The van der Waals surface area contributed by atoms with E-state index >= 15 is 0 Å². The number of carbonyl (C=O) groups excluding carboxylic acids is 1. The van der Waals surface area contributed by atoms with Crippen LogP contribution < -0.4 is 20.4 Å². The predicted molar refractivity (Wildman–Crippen MR) is 116 cm³/mol. The number of fused-ring (bicyclic) bond motifs is 1. The minimum atomic E-state index is 0.0378. The average molecular weight is 395 g/mol. The van der Waals surface area contributed by atoms with E-state index in [2.05, 4.69) is 57.5 Å². The van der Waals surface area contributed by atoms with Crippen LogP contribution in [0.1, 0.15) is 38.8 Å². The number of hydrogen-bond acceptors (Lipinski definition) is 6. The van der Waals surface area contributed by atoms with Gasteiger partial charge < -0.3 is 20.4 Å². The Morgan fingerprint density at radius 2 is 1.97 bits per heavy atom. The second-order valence-electron chi connectivity index (χ2n) is 7.90. The molecule has 3 heterocycles. The molecule has 2 aliphatic heterocycles. The van der Waals surface area contributed by atoms with Crippen LogP contribution in [0.3, 0.4) is 0 Å². The summed E-state index contributed by atoms with van der Waals surface area (Å²) in [4.78, 5) is 25.7. The molecule has 0 saturated carbocycles. The first-order valence-electron chi connectivity index (χ1n) is 10.5. The molecular formula is C22H30N6O. The Balaban J connectivity index is 1.78. The van der Waals surface area contributed by atoms with Gasteiger partial charge in [-0.05, 0) is 30.7 Å². The van der Waals surface area contributed by atoms with Gasteiger partial charge in [0.2, 0.25) is 11.9 Å². The fourth-order valence-corrected chi connectivity index (χ4v) is 4.73. The van der Waals surface area contributed by atoms with Crippen molar-refractivity contribution in [2.75, 3.05) is 41.3 Å². The Bertz CT molecular complexity index is 852. The molecule has 2 aliphatic rings. The smallest absolute Gasteiger partial charge is 0.224 e. The maximum absolute atomic E-state index is 12.6. The predicted octanol–water partition coefficient (Wildman–Crippen LogP) is 2.82. The van der Waals surface area contributed by atoms with Crippen LogP contribution in [0.2, 0.25) is 0 Å². The first-order valence-corrected chi connectivity index (χ1v) is 10.5. The molecule has 2 aromatic rings. The van der Waals surface area contributed by atoms with Crippen LogP contribution in [0.25, 0.3) is 0 Å². The highest BCUT2D eigenvalue weighted by atomic mass is 16.2. The van der Waals surface area contributed by atoms with Crippen LogP contribution in [-0.2, 0) is 4.79 Å². The van der Waals surface area contributed by atoms with Crippen molar-refractivity contribution in [3.8, 4) is 0 Å². The molecular weight excluding hydrogens is 364 g/mol. The Kier molecular flexibility index (Phi) is 5.67. The summed E-state index contributed by atoms with van der Waals surface area (Å²) in [6, 6.07) is 8.50. The standard InChI is InChI=1S/C22H30N6O/c1-4-19-15(2)21(26-22-24-8-5-9-25-22)18-14-17(27-12-10-23-11-13-27)6-7-20(18)28(19)16(3)29/h5-9,14-15,19,21,23H,4,10-13H2,1-3H3,(H,24,25,26)/t15-,19-,21+/m0/s1.